The molecule has 23 heavy (non-hydrogen) atoms. The van der Waals surface area contributed by atoms with Crippen molar-refractivity contribution in [2.24, 2.45) is 5.92 Å². The van der Waals surface area contributed by atoms with Crippen molar-refractivity contribution in [3.8, 4) is 5.75 Å². The van der Waals surface area contributed by atoms with Crippen LogP contribution in [0.1, 0.15) is 39.2 Å². The van der Waals surface area contributed by atoms with Gasteiger partial charge in [0.15, 0.2) is 0 Å². The van der Waals surface area contributed by atoms with Crippen molar-refractivity contribution in [3.63, 3.8) is 0 Å². The Bertz CT molecular complexity index is 492. The first-order chi connectivity index (χ1) is 11.2. The van der Waals surface area contributed by atoms with E-state index in [1.54, 1.807) is 0 Å². The Morgan fingerprint density at radius 1 is 1.22 bits per heavy atom. The third-order valence-corrected chi connectivity index (χ3v) is 4.63. The van der Waals surface area contributed by atoms with Gasteiger partial charge in [-0.25, -0.2) is 0 Å². The number of hydrogen-bond acceptors (Lipinski definition) is 3. The maximum Gasteiger partial charge on any atom is 0.225 e. The van der Waals surface area contributed by atoms with Crippen molar-refractivity contribution < 1.29 is 9.53 Å². The third-order valence-electron chi connectivity index (χ3n) is 4.63. The SMILES string of the molecule is CCOc1cccc(CN2CCC(C(=O)N(CC)CC)CC2)c1. The molecule has 1 aromatic carbocycles. The van der Waals surface area contributed by atoms with Crippen LogP contribution in [0.3, 0.4) is 0 Å². The van der Waals surface area contributed by atoms with Crippen LogP contribution in [0.25, 0.3) is 0 Å². The number of benzene rings is 1. The van der Waals surface area contributed by atoms with Crippen LogP contribution in [0.4, 0.5) is 0 Å². The van der Waals surface area contributed by atoms with Crippen LogP contribution in [-0.4, -0.2) is 48.5 Å². The molecule has 1 aromatic rings. The molecule has 0 aromatic heterocycles. The number of likely N-dealkylation sites (tertiary alicyclic amines) is 1. The van der Waals surface area contributed by atoms with Crippen molar-refractivity contribution in [1.29, 1.82) is 0 Å². The minimum atomic E-state index is 0.209. The van der Waals surface area contributed by atoms with Gasteiger partial charge >= 0.3 is 0 Å². The van der Waals surface area contributed by atoms with E-state index in [1.165, 1.54) is 5.56 Å². The molecule has 0 aliphatic carbocycles. The summed E-state index contributed by atoms with van der Waals surface area (Å²) in [5, 5.41) is 0. The molecule has 0 atom stereocenters. The van der Waals surface area contributed by atoms with E-state index in [0.717, 1.165) is 51.3 Å². The van der Waals surface area contributed by atoms with Gasteiger partial charge in [0.1, 0.15) is 5.75 Å². The standard InChI is InChI=1S/C19H30N2O2/c1-4-21(5-2)19(22)17-10-12-20(13-11-17)15-16-8-7-9-18(14-16)23-6-3/h7-9,14,17H,4-6,10-13,15H2,1-3H3. The number of ether oxygens (including phenoxy) is 1. The lowest BCUT2D eigenvalue weighted by atomic mass is 9.95. The van der Waals surface area contributed by atoms with E-state index < -0.39 is 0 Å². The predicted molar refractivity (Wildman–Crippen MR) is 93.5 cm³/mol. The maximum absolute atomic E-state index is 12.4. The first kappa shape index (κ1) is 17.8. The Balaban J connectivity index is 1.85. The van der Waals surface area contributed by atoms with Crippen molar-refractivity contribution in [2.45, 2.75) is 40.2 Å². The molecule has 4 heteroatoms. The molecule has 0 N–H and O–H groups in total. The zero-order valence-corrected chi connectivity index (χ0v) is 14.8. The summed E-state index contributed by atoms with van der Waals surface area (Å²) in [4.78, 5) is 16.8. The Morgan fingerprint density at radius 2 is 1.91 bits per heavy atom. The zero-order chi connectivity index (χ0) is 16.7. The number of nitrogens with zero attached hydrogens (tertiary/aromatic N) is 2. The molecule has 1 saturated heterocycles. The van der Waals surface area contributed by atoms with E-state index in [4.69, 9.17) is 4.74 Å². The van der Waals surface area contributed by atoms with Crippen LogP contribution >= 0.6 is 0 Å². The molecule has 1 aliphatic heterocycles. The van der Waals surface area contributed by atoms with E-state index in [0.29, 0.717) is 12.5 Å². The van der Waals surface area contributed by atoms with Crippen molar-refractivity contribution in [3.05, 3.63) is 29.8 Å². The van der Waals surface area contributed by atoms with Crippen LogP contribution in [0.15, 0.2) is 24.3 Å². The van der Waals surface area contributed by atoms with Gasteiger partial charge in [-0.3, -0.25) is 9.69 Å². The highest BCUT2D eigenvalue weighted by Crippen LogP contribution is 2.22. The number of amides is 1. The quantitative estimate of drug-likeness (QED) is 0.774. The number of piperidine rings is 1. The molecule has 0 spiro atoms. The second-order valence-corrected chi connectivity index (χ2v) is 6.14. The second kappa shape index (κ2) is 8.92. The van der Waals surface area contributed by atoms with Gasteiger partial charge in [0.2, 0.25) is 5.91 Å². The van der Waals surface area contributed by atoms with Gasteiger partial charge in [0, 0.05) is 25.6 Å². The average molecular weight is 318 g/mol. The zero-order valence-electron chi connectivity index (χ0n) is 14.8. The van der Waals surface area contributed by atoms with Crippen molar-refractivity contribution in [1.82, 2.24) is 9.80 Å². The third kappa shape index (κ3) is 4.96. The average Bonchev–Trinajstić information content (AvgIpc) is 2.57. The van der Waals surface area contributed by atoms with Gasteiger partial charge in [-0.2, -0.15) is 0 Å². The molecule has 1 aliphatic rings. The summed E-state index contributed by atoms with van der Waals surface area (Å²) >= 11 is 0. The van der Waals surface area contributed by atoms with Crippen LogP contribution in [-0.2, 0) is 11.3 Å². The van der Waals surface area contributed by atoms with E-state index in [2.05, 4.69) is 36.9 Å². The van der Waals surface area contributed by atoms with Gasteiger partial charge in [-0.05, 0) is 64.4 Å². The van der Waals surface area contributed by atoms with Gasteiger partial charge in [-0.15, -0.1) is 0 Å². The van der Waals surface area contributed by atoms with Crippen molar-refractivity contribution >= 4 is 5.91 Å². The van der Waals surface area contributed by atoms with Gasteiger partial charge in [-0.1, -0.05) is 12.1 Å². The minimum absolute atomic E-state index is 0.209. The Kier molecular flexibility index (Phi) is 6.90. The van der Waals surface area contributed by atoms with Crippen LogP contribution in [0.2, 0.25) is 0 Å². The summed E-state index contributed by atoms with van der Waals surface area (Å²) in [5.41, 5.74) is 1.28. The molecule has 0 unspecified atom stereocenters. The molecule has 1 amide bonds. The van der Waals surface area contributed by atoms with Crippen LogP contribution < -0.4 is 4.74 Å². The summed E-state index contributed by atoms with van der Waals surface area (Å²) in [6.07, 6.45) is 1.95. The van der Waals surface area contributed by atoms with Crippen molar-refractivity contribution in [2.75, 3.05) is 32.8 Å². The van der Waals surface area contributed by atoms with Gasteiger partial charge < -0.3 is 9.64 Å². The molecule has 4 nitrogen and oxygen atoms in total. The van der Waals surface area contributed by atoms with Crippen LogP contribution in [0, 0.1) is 5.92 Å². The number of rotatable bonds is 7. The summed E-state index contributed by atoms with van der Waals surface area (Å²) in [6, 6.07) is 8.32. The maximum atomic E-state index is 12.4. The number of carbonyl (C=O) groups excluding carboxylic acids is 1. The summed E-state index contributed by atoms with van der Waals surface area (Å²) in [7, 11) is 0. The molecular formula is C19H30N2O2. The predicted octanol–water partition coefficient (Wildman–Crippen LogP) is 3.17. The number of hydrogen-bond donors (Lipinski definition) is 0. The highest BCUT2D eigenvalue weighted by molar-refractivity contribution is 5.78. The largest absolute Gasteiger partial charge is 0.494 e. The van der Waals surface area contributed by atoms with E-state index in [-0.39, 0.29) is 5.92 Å². The molecule has 2 rings (SSSR count). The fourth-order valence-electron chi connectivity index (χ4n) is 3.29. The smallest absolute Gasteiger partial charge is 0.225 e. The number of carbonyl (C=O) groups is 1. The lowest BCUT2D eigenvalue weighted by Crippen LogP contribution is -2.42. The minimum Gasteiger partial charge on any atom is -0.494 e. The second-order valence-electron chi connectivity index (χ2n) is 6.14. The first-order valence-electron chi connectivity index (χ1n) is 8.90. The van der Waals surface area contributed by atoms with E-state index in [1.807, 2.05) is 17.9 Å². The summed E-state index contributed by atoms with van der Waals surface area (Å²) < 4.78 is 5.57. The normalized spacial score (nSPS) is 16.3. The lowest BCUT2D eigenvalue weighted by molar-refractivity contribution is -0.136. The molecule has 1 heterocycles. The Hall–Kier alpha value is -1.55. The molecule has 128 valence electrons. The van der Waals surface area contributed by atoms with Gasteiger partial charge in [0.25, 0.3) is 0 Å². The van der Waals surface area contributed by atoms with Gasteiger partial charge in [0.05, 0.1) is 6.61 Å². The van der Waals surface area contributed by atoms with Crippen LogP contribution in [0.5, 0.6) is 5.75 Å². The summed E-state index contributed by atoms with van der Waals surface area (Å²) in [5.74, 6) is 1.49. The first-order valence-corrected chi connectivity index (χ1v) is 8.90. The molecule has 1 fully saturated rings. The topological polar surface area (TPSA) is 32.8 Å². The Morgan fingerprint density at radius 3 is 2.52 bits per heavy atom. The highest BCUT2D eigenvalue weighted by atomic mass is 16.5. The van der Waals surface area contributed by atoms with E-state index >= 15 is 0 Å². The fraction of sp³-hybridized carbons (Fsp3) is 0.632. The molecule has 0 bridgehead atoms. The molecule has 0 saturated carbocycles. The van der Waals surface area contributed by atoms with E-state index in [9.17, 15) is 4.79 Å². The lowest BCUT2D eigenvalue weighted by Gasteiger charge is -2.33. The fourth-order valence-corrected chi connectivity index (χ4v) is 3.29. The molecule has 0 radical (unpaired) electrons. The highest BCUT2D eigenvalue weighted by Gasteiger charge is 2.27. The Labute approximate surface area is 140 Å². The molecular weight excluding hydrogens is 288 g/mol. The monoisotopic (exact) mass is 318 g/mol. The summed E-state index contributed by atoms with van der Waals surface area (Å²) in [6.45, 7) is 11.4.